The minimum atomic E-state index is 0.00579. The molecule has 1 amide bonds. The third-order valence-electron chi connectivity index (χ3n) is 3.61. The van der Waals surface area contributed by atoms with Crippen molar-refractivity contribution < 1.29 is 4.79 Å². The summed E-state index contributed by atoms with van der Waals surface area (Å²) >= 11 is 3.50. The number of rotatable bonds is 5. The Morgan fingerprint density at radius 3 is 2.83 bits per heavy atom. The molecule has 0 aliphatic carbocycles. The van der Waals surface area contributed by atoms with Crippen molar-refractivity contribution in [2.45, 2.75) is 19.9 Å². The molecule has 0 radical (unpaired) electrons. The van der Waals surface area contributed by atoms with Crippen molar-refractivity contribution in [1.82, 2.24) is 14.9 Å². The van der Waals surface area contributed by atoms with Crippen LogP contribution in [-0.2, 0) is 11.3 Å². The number of nitrogens with zero attached hydrogens (tertiary/aromatic N) is 2. The van der Waals surface area contributed by atoms with Crippen LogP contribution in [0.15, 0.2) is 53.0 Å². The molecule has 1 heterocycles. The quantitative estimate of drug-likeness (QED) is 0.736. The molecule has 2 aromatic carbocycles. The molecule has 0 saturated heterocycles. The monoisotopic (exact) mass is 371 g/mol. The highest BCUT2D eigenvalue weighted by molar-refractivity contribution is 9.10. The van der Waals surface area contributed by atoms with E-state index in [0.717, 1.165) is 33.3 Å². The van der Waals surface area contributed by atoms with E-state index in [-0.39, 0.29) is 12.5 Å². The summed E-state index contributed by atoms with van der Waals surface area (Å²) in [5.41, 5.74) is 2.85. The number of amides is 1. The molecule has 0 bridgehead atoms. The van der Waals surface area contributed by atoms with Crippen molar-refractivity contribution in [2.75, 3.05) is 6.54 Å². The molecule has 0 atom stereocenters. The molecule has 1 N–H and O–H groups in total. The fourth-order valence-corrected chi connectivity index (χ4v) is 2.95. The summed E-state index contributed by atoms with van der Waals surface area (Å²) in [5.74, 6) is 0.811. The first-order valence-corrected chi connectivity index (χ1v) is 8.46. The first kappa shape index (κ1) is 15.7. The van der Waals surface area contributed by atoms with Crippen LogP contribution in [0.3, 0.4) is 0 Å². The number of hydrogen-bond donors (Lipinski definition) is 1. The highest BCUT2D eigenvalue weighted by Gasteiger charge is 2.15. The first-order valence-electron chi connectivity index (χ1n) is 7.67. The van der Waals surface area contributed by atoms with Crippen molar-refractivity contribution >= 4 is 32.9 Å². The number of carbonyl (C=O) groups excluding carboxylic acids is 1. The molecular formula is C18H18BrN3O. The summed E-state index contributed by atoms with van der Waals surface area (Å²) in [5, 5.41) is 2.93. The van der Waals surface area contributed by atoms with Gasteiger partial charge in [0, 0.05) is 16.6 Å². The number of para-hydroxylation sites is 2. The van der Waals surface area contributed by atoms with Crippen molar-refractivity contribution in [1.29, 1.82) is 0 Å². The predicted molar refractivity (Wildman–Crippen MR) is 96.2 cm³/mol. The third kappa shape index (κ3) is 3.45. The topological polar surface area (TPSA) is 46.9 Å². The van der Waals surface area contributed by atoms with Gasteiger partial charge in [-0.2, -0.15) is 0 Å². The molecular weight excluding hydrogens is 354 g/mol. The Morgan fingerprint density at radius 1 is 1.22 bits per heavy atom. The zero-order valence-electron chi connectivity index (χ0n) is 12.9. The van der Waals surface area contributed by atoms with Gasteiger partial charge in [0.1, 0.15) is 12.4 Å². The van der Waals surface area contributed by atoms with Crippen molar-refractivity contribution in [2.24, 2.45) is 0 Å². The van der Waals surface area contributed by atoms with E-state index in [1.54, 1.807) is 0 Å². The Hall–Kier alpha value is -2.14. The van der Waals surface area contributed by atoms with Gasteiger partial charge in [0.15, 0.2) is 0 Å². The average molecular weight is 372 g/mol. The molecule has 3 aromatic rings. The Kier molecular flexibility index (Phi) is 4.76. The summed E-state index contributed by atoms with van der Waals surface area (Å²) < 4.78 is 2.96. The molecule has 0 aliphatic rings. The minimum absolute atomic E-state index is 0.00579. The Morgan fingerprint density at radius 2 is 2.04 bits per heavy atom. The van der Waals surface area contributed by atoms with Gasteiger partial charge in [-0.3, -0.25) is 4.79 Å². The average Bonchev–Trinajstić information content (AvgIpc) is 2.92. The zero-order valence-corrected chi connectivity index (χ0v) is 14.5. The molecule has 1 aromatic heterocycles. The molecule has 0 fully saturated rings. The molecule has 0 saturated carbocycles. The first-order chi connectivity index (χ1) is 11.2. The largest absolute Gasteiger partial charge is 0.355 e. The number of fused-ring (bicyclic) bond motifs is 1. The van der Waals surface area contributed by atoms with Crippen LogP contribution in [0, 0.1) is 0 Å². The fraction of sp³-hybridized carbons (Fsp3) is 0.222. The summed E-state index contributed by atoms with van der Waals surface area (Å²) in [6, 6.07) is 15.9. The second-order valence-corrected chi connectivity index (χ2v) is 6.29. The van der Waals surface area contributed by atoms with Gasteiger partial charge in [0.2, 0.25) is 5.91 Å². The Bertz CT molecular complexity index is 841. The van der Waals surface area contributed by atoms with Crippen molar-refractivity contribution in [3.8, 4) is 11.4 Å². The van der Waals surface area contributed by atoms with E-state index in [1.807, 2.05) is 60.0 Å². The van der Waals surface area contributed by atoms with Crippen LogP contribution in [0.4, 0.5) is 0 Å². The number of nitrogens with one attached hydrogen (secondary N) is 1. The summed E-state index contributed by atoms with van der Waals surface area (Å²) in [4.78, 5) is 16.9. The van der Waals surface area contributed by atoms with Gasteiger partial charge in [-0.15, -0.1) is 0 Å². The lowest BCUT2D eigenvalue weighted by atomic mass is 10.2. The fourth-order valence-electron chi connectivity index (χ4n) is 2.55. The van der Waals surface area contributed by atoms with E-state index in [9.17, 15) is 4.79 Å². The predicted octanol–water partition coefficient (Wildman–Crippen LogP) is 3.99. The lowest BCUT2D eigenvalue weighted by Gasteiger charge is -2.10. The van der Waals surface area contributed by atoms with Crippen LogP contribution in [0.5, 0.6) is 0 Å². The number of imidazole rings is 1. The van der Waals surface area contributed by atoms with E-state index in [0.29, 0.717) is 6.54 Å². The number of benzene rings is 2. The van der Waals surface area contributed by atoms with Gasteiger partial charge in [0.25, 0.3) is 0 Å². The lowest BCUT2D eigenvalue weighted by molar-refractivity contribution is -0.121. The summed E-state index contributed by atoms with van der Waals surface area (Å²) in [6.07, 6.45) is 0.926. The lowest BCUT2D eigenvalue weighted by Crippen LogP contribution is -2.28. The number of hydrogen-bond acceptors (Lipinski definition) is 2. The Balaban J connectivity index is 2.06. The number of halogens is 1. The molecule has 118 valence electrons. The maximum absolute atomic E-state index is 12.2. The highest BCUT2D eigenvalue weighted by Crippen LogP contribution is 2.26. The van der Waals surface area contributed by atoms with Crippen molar-refractivity contribution in [3.05, 3.63) is 53.0 Å². The molecule has 4 nitrogen and oxygen atoms in total. The van der Waals surface area contributed by atoms with Gasteiger partial charge in [-0.1, -0.05) is 47.1 Å². The van der Waals surface area contributed by atoms with Crippen LogP contribution in [-0.4, -0.2) is 22.0 Å². The molecule has 23 heavy (non-hydrogen) atoms. The minimum Gasteiger partial charge on any atom is -0.355 e. The second-order valence-electron chi connectivity index (χ2n) is 5.37. The second kappa shape index (κ2) is 6.96. The maximum atomic E-state index is 12.2. The van der Waals surface area contributed by atoms with Gasteiger partial charge < -0.3 is 9.88 Å². The van der Waals surface area contributed by atoms with Crippen LogP contribution in [0.25, 0.3) is 22.4 Å². The smallest absolute Gasteiger partial charge is 0.240 e. The normalized spacial score (nSPS) is 10.9. The van der Waals surface area contributed by atoms with Gasteiger partial charge >= 0.3 is 0 Å². The molecule has 0 spiro atoms. The Labute approximate surface area is 143 Å². The number of aromatic nitrogens is 2. The van der Waals surface area contributed by atoms with E-state index < -0.39 is 0 Å². The van der Waals surface area contributed by atoms with Gasteiger partial charge in [-0.25, -0.2) is 4.98 Å². The molecule has 0 unspecified atom stereocenters. The SMILES string of the molecule is CCCNC(=O)Cn1c(-c2cccc(Br)c2)nc2ccccc21. The van der Waals surface area contributed by atoms with Crippen LogP contribution >= 0.6 is 15.9 Å². The molecule has 0 aliphatic heterocycles. The van der Waals surface area contributed by atoms with Crippen LogP contribution in [0.2, 0.25) is 0 Å². The number of carbonyl (C=O) groups is 1. The van der Waals surface area contributed by atoms with Crippen LogP contribution < -0.4 is 5.32 Å². The summed E-state index contributed by atoms with van der Waals surface area (Å²) in [6.45, 7) is 3.00. The molecule has 5 heteroatoms. The van der Waals surface area contributed by atoms with Crippen molar-refractivity contribution in [3.63, 3.8) is 0 Å². The van der Waals surface area contributed by atoms with E-state index in [1.165, 1.54) is 0 Å². The summed E-state index contributed by atoms with van der Waals surface area (Å²) in [7, 11) is 0. The van der Waals surface area contributed by atoms with E-state index >= 15 is 0 Å². The van der Waals surface area contributed by atoms with Gasteiger partial charge in [0.05, 0.1) is 11.0 Å². The van der Waals surface area contributed by atoms with E-state index in [4.69, 9.17) is 4.98 Å². The highest BCUT2D eigenvalue weighted by atomic mass is 79.9. The maximum Gasteiger partial charge on any atom is 0.240 e. The van der Waals surface area contributed by atoms with E-state index in [2.05, 4.69) is 21.2 Å². The third-order valence-corrected chi connectivity index (χ3v) is 4.10. The molecule has 3 rings (SSSR count). The van der Waals surface area contributed by atoms with Gasteiger partial charge in [-0.05, 0) is 30.7 Å². The zero-order chi connectivity index (χ0) is 16.2. The standard InChI is InChI=1S/C18H18BrN3O/c1-2-10-20-17(23)12-22-16-9-4-3-8-15(16)21-18(22)13-6-5-7-14(19)11-13/h3-9,11H,2,10,12H2,1H3,(H,20,23). The van der Waals surface area contributed by atoms with Crippen LogP contribution in [0.1, 0.15) is 13.3 Å².